The summed E-state index contributed by atoms with van der Waals surface area (Å²) in [5, 5.41) is 5.10. The van der Waals surface area contributed by atoms with Gasteiger partial charge in [0.05, 0.1) is 18.2 Å². The summed E-state index contributed by atoms with van der Waals surface area (Å²) in [7, 11) is 0. The van der Waals surface area contributed by atoms with Crippen LogP contribution in [0.25, 0.3) is 0 Å². The van der Waals surface area contributed by atoms with Crippen molar-refractivity contribution in [2.45, 2.75) is 19.1 Å². The maximum absolute atomic E-state index is 13.2. The lowest BCUT2D eigenvalue weighted by molar-refractivity contribution is -0.137. The second-order valence-electron chi connectivity index (χ2n) is 7.22. The molecule has 0 aliphatic heterocycles. The number of amides is 2. The van der Waals surface area contributed by atoms with E-state index in [4.69, 9.17) is 0 Å². The summed E-state index contributed by atoms with van der Waals surface area (Å²) >= 11 is 0. The molecule has 0 heterocycles. The number of rotatable bonds is 6. The molecule has 0 aliphatic rings. The highest BCUT2D eigenvalue weighted by Crippen LogP contribution is 2.32. The number of halogens is 4. The van der Waals surface area contributed by atoms with Gasteiger partial charge in [-0.2, -0.15) is 13.2 Å². The van der Waals surface area contributed by atoms with Gasteiger partial charge in [-0.15, -0.1) is 0 Å². The normalized spacial score (nSPS) is 12.2. The molecule has 0 bridgehead atoms. The molecule has 0 aromatic heterocycles. The zero-order chi connectivity index (χ0) is 23.3. The minimum absolute atomic E-state index is 0.173. The molecular weight excluding hydrogens is 424 g/mol. The van der Waals surface area contributed by atoms with Crippen molar-refractivity contribution in [3.05, 3.63) is 106 Å². The van der Waals surface area contributed by atoms with E-state index in [1.807, 2.05) is 6.92 Å². The van der Waals surface area contributed by atoms with Crippen LogP contribution in [-0.4, -0.2) is 18.4 Å². The lowest BCUT2D eigenvalue weighted by Gasteiger charge is -2.21. The molecule has 2 N–H and O–H groups in total. The molecule has 0 radical (unpaired) electrons. The third-order valence-corrected chi connectivity index (χ3v) is 4.78. The molecule has 2 amide bonds. The minimum atomic E-state index is -4.53. The zero-order valence-electron chi connectivity index (χ0n) is 17.0. The minimum Gasteiger partial charge on any atom is -0.344 e. The first kappa shape index (κ1) is 23.0. The van der Waals surface area contributed by atoms with Crippen molar-refractivity contribution < 1.29 is 27.2 Å². The molecule has 166 valence electrons. The van der Waals surface area contributed by atoms with Gasteiger partial charge < -0.3 is 10.6 Å². The predicted molar refractivity (Wildman–Crippen MR) is 111 cm³/mol. The lowest BCUT2D eigenvalue weighted by atomic mass is 9.96. The first-order chi connectivity index (χ1) is 15.1. The van der Waals surface area contributed by atoms with Crippen LogP contribution in [-0.2, 0) is 11.0 Å². The standard InChI is InChI=1S/C24H20F4N2O2/c1-15-5-7-16(8-6-15)22(18-3-2-4-19(13-18)24(26,27)28)30-21(31)14-29-23(32)17-9-11-20(25)12-10-17/h2-13,22H,14H2,1H3,(H,29,32)(H,30,31). The fourth-order valence-corrected chi connectivity index (χ4v) is 3.09. The summed E-state index contributed by atoms with van der Waals surface area (Å²) in [4.78, 5) is 24.7. The largest absolute Gasteiger partial charge is 0.416 e. The second-order valence-corrected chi connectivity index (χ2v) is 7.22. The van der Waals surface area contributed by atoms with Gasteiger partial charge in [0.25, 0.3) is 5.91 Å². The van der Waals surface area contributed by atoms with Crippen molar-refractivity contribution in [1.82, 2.24) is 10.6 Å². The smallest absolute Gasteiger partial charge is 0.344 e. The Morgan fingerprint density at radius 1 is 0.906 bits per heavy atom. The summed E-state index contributed by atoms with van der Waals surface area (Å²) in [6, 6.07) is 15.7. The van der Waals surface area contributed by atoms with Crippen molar-refractivity contribution >= 4 is 11.8 Å². The zero-order valence-corrected chi connectivity index (χ0v) is 17.0. The maximum Gasteiger partial charge on any atom is 0.416 e. The first-order valence-electron chi connectivity index (χ1n) is 9.70. The molecule has 1 atom stereocenters. The Balaban J connectivity index is 1.78. The molecule has 3 aromatic rings. The number of nitrogens with one attached hydrogen (secondary N) is 2. The van der Waals surface area contributed by atoms with Crippen molar-refractivity contribution in [2.75, 3.05) is 6.54 Å². The van der Waals surface area contributed by atoms with Gasteiger partial charge in [-0.3, -0.25) is 9.59 Å². The number of aryl methyl sites for hydroxylation is 1. The molecule has 4 nitrogen and oxygen atoms in total. The average Bonchev–Trinajstić information content (AvgIpc) is 2.76. The molecule has 0 saturated heterocycles. The molecule has 0 saturated carbocycles. The Morgan fingerprint density at radius 3 is 2.19 bits per heavy atom. The number of alkyl halides is 3. The van der Waals surface area contributed by atoms with Crippen LogP contribution in [0.1, 0.15) is 38.7 Å². The third kappa shape index (κ3) is 5.94. The van der Waals surface area contributed by atoms with Crippen LogP contribution in [0.3, 0.4) is 0 Å². The molecule has 1 unspecified atom stereocenters. The Hall–Kier alpha value is -3.68. The van der Waals surface area contributed by atoms with E-state index in [1.54, 1.807) is 24.3 Å². The summed E-state index contributed by atoms with van der Waals surface area (Å²) in [5.74, 6) is -1.67. The van der Waals surface area contributed by atoms with Crippen LogP contribution in [0.4, 0.5) is 17.6 Å². The molecule has 3 rings (SSSR count). The van der Waals surface area contributed by atoms with Gasteiger partial charge in [-0.05, 0) is 54.4 Å². The second kappa shape index (κ2) is 9.64. The SMILES string of the molecule is Cc1ccc(C(NC(=O)CNC(=O)c2ccc(F)cc2)c2cccc(C(F)(F)F)c2)cc1. The van der Waals surface area contributed by atoms with Gasteiger partial charge in [-0.1, -0.05) is 42.0 Å². The van der Waals surface area contributed by atoms with Crippen LogP contribution in [0.15, 0.2) is 72.8 Å². The molecular formula is C24H20F4N2O2. The van der Waals surface area contributed by atoms with Crippen LogP contribution in [0.5, 0.6) is 0 Å². The van der Waals surface area contributed by atoms with Crippen LogP contribution < -0.4 is 10.6 Å². The quantitative estimate of drug-likeness (QED) is 0.538. The van der Waals surface area contributed by atoms with E-state index in [-0.39, 0.29) is 11.1 Å². The Bertz CT molecular complexity index is 1090. The molecule has 3 aromatic carbocycles. The summed E-state index contributed by atoms with van der Waals surface area (Å²) in [6.45, 7) is 1.46. The average molecular weight is 444 g/mol. The Morgan fingerprint density at radius 2 is 1.56 bits per heavy atom. The topological polar surface area (TPSA) is 58.2 Å². The van der Waals surface area contributed by atoms with Gasteiger partial charge >= 0.3 is 6.18 Å². The lowest BCUT2D eigenvalue weighted by Crippen LogP contribution is -2.39. The van der Waals surface area contributed by atoms with Gasteiger partial charge in [0.15, 0.2) is 0 Å². The van der Waals surface area contributed by atoms with Crippen LogP contribution in [0.2, 0.25) is 0 Å². The van der Waals surface area contributed by atoms with Gasteiger partial charge in [0, 0.05) is 5.56 Å². The van der Waals surface area contributed by atoms with Crippen molar-refractivity contribution in [3.63, 3.8) is 0 Å². The van der Waals surface area contributed by atoms with Gasteiger partial charge in [0.1, 0.15) is 5.82 Å². The number of hydrogen-bond donors (Lipinski definition) is 2. The van der Waals surface area contributed by atoms with Gasteiger partial charge in [0.2, 0.25) is 5.91 Å². The van der Waals surface area contributed by atoms with Crippen molar-refractivity contribution in [1.29, 1.82) is 0 Å². The van der Waals surface area contributed by atoms with Crippen molar-refractivity contribution in [2.24, 2.45) is 0 Å². The monoisotopic (exact) mass is 444 g/mol. The fourth-order valence-electron chi connectivity index (χ4n) is 3.09. The fraction of sp³-hybridized carbons (Fsp3) is 0.167. The highest BCUT2D eigenvalue weighted by molar-refractivity contribution is 5.96. The summed E-state index contributed by atoms with van der Waals surface area (Å²) < 4.78 is 52.6. The van der Waals surface area contributed by atoms with Gasteiger partial charge in [-0.25, -0.2) is 4.39 Å². The molecule has 0 aliphatic carbocycles. The van der Waals surface area contributed by atoms with E-state index in [9.17, 15) is 27.2 Å². The van der Waals surface area contributed by atoms with E-state index in [0.29, 0.717) is 5.56 Å². The molecule has 0 fully saturated rings. The predicted octanol–water partition coefficient (Wildman–Crippen LogP) is 4.79. The first-order valence-corrected chi connectivity index (χ1v) is 9.70. The molecule has 8 heteroatoms. The van der Waals surface area contributed by atoms with E-state index in [1.165, 1.54) is 24.3 Å². The molecule has 0 spiro atoms. The Labute approximate surface area is 182 Å². The third-order valence-electron chi connectivity index (χ3n) is 4.78. The maximum atomic E-state index is 13.2. The van der Waals surface area contributed by atoms with E-state index in [2.05, 4.69) is 10.6 Å². The van der Waals surface area contributed by atoms with Crippen LogP contribution >= 0.6 is 0 Å². The number of carbonyl (C=O) groups excluding carboxylic acids is 2. The summed E-state index contributed by atoms with van der Waals surface area (Å²) in [6.07, 6.45) is -4.53. The summed E-state index contributed by atoms with van der Waals surface area (Å²) in [5.41, 5.74) is 1.14. The number of benzene rings is 3. The number of hydrogen-bond acceptors (Lipinski definition) is 2. The highest BCUT2D eigenvalue weighted by atomic mass is 19.4. The number of carbonyl (C=O) groups is 2. The highest BCUT2D eigenvalue weighted by Gasteiger charge is 2.31. The van der Waals surface area contributed by atoms with E-state index < -0.39 is 42.0 Å². The van der Waals surface area contributed by atoms with Crippen molar-refractivity contribution in [3.8, 4) is 0 Å². The van der Waals surface area contributed by atoms with E-state index in [0.717, 1.165) is 29.8 Å². The van der Waals surface area contributed by atoms with E-state index >= 15 is 0 Å². The molecule has 32 heavy (non-hydrogen) atoms. The van der Waals surface area contributed by atoms with Crippen LogP contribution in [0, 0.1) is 12.7 Å². The Kier molecular flexibility index (Phi) is 6.92.